The third-order valence-corrected chi connectivity index (χ3v) is 5.41. The number of β-amino-alcohol motifs (C(OH)–C–C–N with tert-alkyl or cyclic N) is 1. The molecular formula is C20H30ClN3O2. The molecule has 26 heavy (non-hydrogen) atoms. The fourth-order valence-electron chi connectivity index (χ4n) is 3.95. The van der Waals surface area contributed by atoms with E-state index in [1.165, 1.54) is 22.3 Å². The number of alkyl halides is 1. The lowest BCUT2D eigenvalue weighted by Gasteiger charge is -2.34. The lowest BCUT2D eigenvalue weighted by Crippen LogP contribution is -2.43. The van der Waals surface area contributed by atoms with Crippen molar-refractivity contribution in [2.45, 2.75) is 38.5 Å². The monoisotopic (exact) mass is 379 g/mol. The molecule has 1 saturated heterocycles. The van der Waals surface area contributed by atoms with E-state index in [0.29, 0.717) is 25.1 Å². The molecular weight excluding hydrogens is 350 g/mol. The van der Waals surface area contributed by atoms with Crippen molar-refractivity contribution in [3.05, 3.63) is 30.0 Å². The highest BCUT2D eigenvalue weighted by atomic mass is 35.5. The zero-order valence-electron chi connectivity index (χ0n) is 15.7. The number of aliphatic hydroxyl groups excluding tert-OH is 1. The Kier molecular flexibility index (Phi) is 6.81. The number of hydrogen-bond acceptors (Lipinski definition) is 4. The van der Waals surface area contributed by atoms with Gasteiger partial charge in [0.15, 0.2) is 0 Å². The molecule has 1 aromatic heterocycles. The van der Waals surface area contributed by atoms with Gasteiger partial charge in [0.1, 0.15) is 0 Å². The number of aliphatic hydroxyl groups is 1. The average Bonchev–Trinajstić information content (AvgIpc) is 2.94. The maximum absolute atomic E-state index is 9.90. The van der Waals surface area contributed by atoms with Crippen LogP contribution in [0.3, 0.4) is 0 Å². The van der Waals surface area contributed by atoms with Crippen molar-refractivity contribution in [3.63, 3.8) is 0 Å². The molecule has 3 rings (SSSR count). The van der Waals surface area contributed by atoms with Crippen LogP contribution >= 0.6 is 11.6 Å². The summed E-state index contributed by atoms with van der Waals surface area (Å²) >= 11 is 5.96. The van der Waals surface area contributed by atoms with Gasteiger partial charge < -0.3 is 24.6 Å². The van der Waals surface area contributed by atoms with E-state index >= 15 is 0 Å². The second-order valence-corrected chi connectivity index (χ2v) is 7.57. The van der Waals surface area contributed by atoms with Gasteiger partial charge in [0.05, 0.1) is 18.2 Å². The number of halogens is 1. The van der Waals surface area contributed by atoms with Gasteiger partial charge in [0, 0.05) is 62.0 Å². The first kappa shape index (κ1) is 19.5. The highest BCUT2D eigenvalue weighted by Crippen LogP contribution is 2.29. The van der Waals surface area contributed by atoms with Crippen LogP contribution in [0.15, 0.2) is 24.3 Å². The number of hydrogen-bond donors (Lipinski definition) is 2. The van der Waals surface area contributed by atoms with E-state index in [2.05, 4.69) is 46.0 Å². The number of likely N-dealkylation sites (tertiary alicyclic amines) is 1. The minimum atomic E-state index is -0.400. The van der Waals surface area contributed by atoms with Crippen LogP contribution in [-0.4, -0.2) is 66.0 Å². The van der Waals surface area contributed by atoms with Crippen LogP contribution < -0.4 is 5.32 Å². The summed E-state index contributed by atoms with van der Waals surface area (Å²) in [4.78, 5) is 2.32. The van der Waals surface area contributed by atoms with Crippen molar-refractivity contribution in [3.8, 4) is 0 Å². The molecule has 0 bridgehead atoms. The van der Waals surface area contributed by atoms with Crippen LogP contribution in [-0.2, 0) is 11.3 Å². The lowest BCUT2D eigenvalue weighted by molar-refractivity contribution is 0.0327. The largest absolute Gasteiger partial charge is 0.389 e. The summed E-state index contributed by atoms with van der Waals surface area (Å²) in [6, 6.07) is 9.17. The van der Waals surface area contributed by atoms with Gasteiger partial charge in [-0.25, -0.2) is 0 Å². The molecule has 2 N–H and O–H groups in total. The van der Waals surface area contributed by atoms with E-state index in [4.69, 9.17) is 16.3 Å². The molecule has 1 aliphatic heterocycles. The number of benzene rings is 1. The van der Waals surface area contributed by atoms with Crippen LogP contribution in [0.4, 0.5) is 5.69 Å². The molecule has 2 heterocycles. The molecule has 144 valence electrons. The molecule has 2 aromatic rings. The Bertz CT molecular complexity index is 710. The van der Waals surface area contributed by atoms with E-state index in [1.807, 2.05) is 0 Å². The lowest BCUT2D eigenvalue weighted by atomic mass is 10.0. The van der Waals surface area contributed by atoms with Crippen molar-refractivity contribution in [2.24, 2.45) is 0 Å². The van der Waals surface area contributed by atoms with E-state index in [0.717, 1.165) is 32.5 Å². The average molecular weight is 380 g/mol. The summed E-state index contributed by atoms with van der Waals surface area (Å²) < 4.78 is 7.30. The minimum Gasteiger partial charge on any atom is -0.389 e. The molecule has 0 saturated carbocycles. The number of ether oxygens (including phenoxy) is 1. The highest BCUT2D eigenvalue weighted by molar-refractivity contribution is 6.17. The first-order chi connectivity index (χ1) is 12.6. The van der Waals surface area contributed by atoms with Gasteiger partial charge in [0.2, 0.25) is 0 Å². The van der Waals surface area contributed by atoms with Gasteiger partial charge in [-0.2, -0.15) is 0 Å². The molecule has 1 aliphatic rings. The number of nitrogens with zero attached hydrogens (tertiary/aromatic N) is 2. The third kappa shape index (κ3) is 4.52. The number of methoxy groups -OCH3 is 1. The summed E-state index contributed by atoms with van der Waals surface area (Å²) in [6.07, 6.45) is 1.76. The van der Waals surface area contributed by atoms with Gasteiger partial charge in [-0.15, -0.1) is 11.6 Å². The Morgan fingerprint density at radius 1 is 1.35 bits per heavy atom. The van der Waals surface area contributed by atoms with E-state index < -0.39 is 6.10 Å². The molecule has 0 aliphatic carbocycles. The van der Waals surface area contributed by atoms with Crippen LogP contribution in [0.25, 0.3) is 10.9 Å². The Labute approximate surface area is 160 Å². The molecule has 6 heteroatoms. The maximum Gasteiger partial charge on any atom is 0.0900 e. The fraction of sp³-hybridized carbons (Fsp3) is 0.600. The number of aromatic nitrogens is 1. The van der Waals surface area contributed by atoms with E-state index in [1.54, 1.807) is 7.11 Å². The van der Waals surface area contributed by atoms with Crippen molar-refractivity contribution in [2.75, 3.05) is 44.5 Å². The summed E-state index contributed by atoms with van der Waals surface area (Å²) in [6.45, 7) is 6.07. The molecule has 1 atom stereocenters. The van der Waals surface area contributed by atoms with E-state index in [9.17, 15) is 5.11 Å². The number of anilines is 1. The fourth-order valence-corrected chi connectivity index (χ4v) is 4.12. The predicted molar refractivity (Wildman–Crippen MR) is 108 cm³/mol. The number of piperidine rings is 1. The van der Waals surface area contributed by atoms with Gasteiger partial charge >= 0.3 is 0 Å². The van der Waals surface area contributed by atoms with Gasteiger partial charge in [0.25, 0.3) is 0 Å². The standard InChI is InChI=1S/C20H30ClN3O2/c1-15-12-18-19(4-3-5-20(18)24(15)11-8-21)22-16-6-9-23(10-7-16)13-17(25)14-26-2/h3-5,12,16-17,22,25H,6-11,13-14H2,1-2H3. The molecule has 5 nitrogen and oxygen atoms in total. The second kappa shape index (κ2) is 9.09. The minimum absolute atomic E-state index is 0.400. The molecule has 0 radical (unpaired) electrons. The van der Waals surface area contributed by atoms with Crippen LogP contribution in [0.1, 0.15) is 18.5 Å². The topological polar surface area (TPSA) is 49.7 Å². The Hall–Kier alpha value is -1.27. The Morgan fingerprint density at radius 3 is 2.81 bits per heavy atom. The van der Waals surface area contributed by atoms with E-state index in [-0.39, 0.29) is 0 Å². The van der Waals surface area contributed by atoms with Gasteiger partial charge in [-0.3, -0.25) is 0 Å². The third-order valence-electron chi connectivity index (χ3n) is 5.24. The number of nitrogens with one attached hydrogen (secondary N) is 1. The van der Waals surface area contributed by atoms with Gasteiger partial charge in [-0.1, -0.05) is 6.07 Å². The first-order valence-corrected chi connectivity index (χ1v) is 9.96. The van der Waals surface area contributed by atoms with Crippen LogP contribution in [0, 0.1) is 6.92 Å². The first-order valence-electron chi connectivity index (χ1n) is 9.43. The summed E-state index contributed by atoms with van der Waals surface area (Å²) in [7, 11) is 1.63. The van der Waals surface area contributed by atoms with Crippen molar-refractivity contribution >= 4 is 28.2 Å². The van der Waals surface area contributed by atoms with Crippen LogP contribution in [0.2, 0.25) is 0 Å². The normalized spacial score (nSPS) is 17.7. The molecule has 0 amide bonds. The summed E-state index contributed by atoms with van der Waals surface area (Å²) in [5.41, 5.74) is 3.70. The molecule has 1 fully saturated rings. The molecule has 1 unspecified atom stereocenters. The Morgan fingerprint density at radius 2 is 2.12 bits per heavy atom. The molecule has 1 aromatic carbocycles. The second-order valence-electron chi connectivity index (χ2n) is 7.19. The highest BCUT2D eigenvalue weighted by Gasteiger charge is 2.21. The summed E-state index contributed by atoms with van der Waals surface area (Å²) in [5, 5.41) is 14.9. The predicted octanol–water partition coefficient (Wildman–Crippen LogP) is 3.07. The van der Waals surface area contributed by atoms with Gasteiger partial charge in [-0.05, 0) is 38.0 Å². The SMILES string of the molecule is COCC(O)CN1CCC(Nc2cccc3c2cc(C)n3CCCl)CC1. The number of aryl methyl sites for hydroxylation is 2. The molecule has 0 spiro atoms. The van der Waals surface area contributed by atoms with Crippen molar-refractivity contribution < 1.29 is 9.84 Å². The quantitative estimate of drug-likeness (QED) is 0.692. The van der Waals surface area contributed by atoms with Crippen molar-refractivity contribution in [1.82, 2.24) is 9.47 Å². The van der Waals surface area contributed by atoms with Crippen LogP contribution in [0.5, 0.6) is 0 Å². The van der Waals surface area contributed by atoms with Crippen molar-refractivity contribution in [1.29, 1.82) is 0 Å². The zero-order chi connectivity index (χ0) is 18.5. The smallest absolute Gasteiger partial charge is 0.0900 e. The zero-order valence-corrected chi connectivity index (χ0v) is 16.5. The summed E-state index contributed by atoms with van der Waals surface area (Å²) in [5.74, 6) is 0.621. The maximum atomic E-state index is 9.90. The Balaban J connectivity index is 1.63. The number of rotatable bonds is 8. The number of fused-ring (bicyclic) bond motifs is 1.